The van der Waals surface area contributed by atoms with E-state index in [-0.39, 0.29) is 11.7 Å². The van der Waals surface area contributed by atoms with E-state index in [0.717, 1.165) is 0 Å². The van der Waals surface area contributed by atoms with Crippen molar-refractivity contribution in [1.29, 1.82) is 0 Å². The molecule has 0 aliphatic carbocycles. The molecular weight excluding hydrogens is 340 g/mol. The second-order valence-corrected chi connectivity index (χ2v) is 5.89. The summed E-state index contributed by atoms with van der Waals surface area (Å²) in [4.78, 5) is 33.9. The van der Waals surface area contributed by atoms with Crippen molar-refractivity contribution in [2.24, 2.45) is 0 Å². The van der Waals surface area contributed by atoms with Crippen LogP contribution in [0.25, 0.3) is 11.4 Å². The van der Waals surface area contributed by atoms with Crippen molar-refractivity contribution < 1.29 is 9.59 Å². The zero-order valence-corrected chi connectivity index (χ0v) is 15.0. The van der Waals surface area contributed by atoms with Crippen molar-refractivity contribution in [3.8, 4) is 11.4 Å². The number of rotatable bonds is 7. The number of para-hydroxylation sites is 1. The van der Waals surface area contributed by atoms with Crippen LogP contribution in [0.3, 0.4) is 0 Å². The summed E-state index contributed by atoms with van der Waals surface area (Å²) >= 11 is 0. The van der Waals surface area contributed by atoms with Crippen molar-refractivity contribution in [3.63, 3.8) is 0 Å². The van der Waals surface area contributed by atoms with Crippen molar-refractivity contribution in [1.82, 2.24) is 15.3 Å². The van der Waals surface area contributed by atoms with Gasteiger partial charge in [-0.15, -0.1) is 0 Å². The molecule has 0 aliphatic rings. The zero-order chi connectivity index (χ0) is 19.1. The summed E-state index contributed by atoms with van der Waals surface area (Å²) in [6.45, 7) is 0.577. The molecule has 1 amide bonds. The molecule has 0 fully saturated rings. The molecule has 3 rings (SSSR count). The topological polar surface area (TPSA) is 84.0 Å². The molecule has 6 nitrogen and oxygen atoms in total. The number of Topliss-reactive ketones (excluding diaryl/α,β-unsaturated/α-hetero) is 1. The minimum absolute atomic E-state index is 0.0311. The van der Waals surface area contributed by atoms with Gasteiger partial charge in [-0.05, 0) is 43.4 Å². The van der Waals surface area contributed by atoms with E-state index in [0.29, 0.717) is 41.2 Å². The van der Waals surface area contributed by atoms with Crippen molar-refractivity contribution >= 4 is 17.4 Å². The smallest absolute Gasteiger partial charge is 0.257 e. The molecule has 0 radical (unpaired) electrons. The third-order valence-electron chi connectivity index (χ3n) is 4.04. The standard InChI is InChI=1S/C21H20N4O2/c1-22-14-11-19(26)15-7-2-3-9-17(15)25-21(27)16-8-6-13-24-20(16)18-10-4-5-12-23-18/h2-10,12-13,22H,11,14H2,1H3,(H,25,27). The summed E-state index contributed by atoms with van der Waals surface area (Å²) in [5, 5.41) is 5.80. The highest BCUT2D eigenvalue weighted by atomic mass is 16.2. The molecule has 0 bridgehead atoms. The van der Waals surface area contributed by atoms with Gasteiger partial charge in [-0.25, -0.2) is 0 Å². The minimum atomic E-state index is -0.336. The number of anilines is 1. The number of carbonyl (C=O) groups excluding carboxylic acids is 2. The van der Waals surface area contributed by atoms with E-state index in [4.69, 9.17) is 0 Å². The van der Waals surface area contributed by atoms with Gasteiger partial charge in [0.1, 0.15) is 5.69 Å². The van der Waals surface area contributed by atoms with Gasteiger partial charge in [-0.1, -0.05) is 18.2 Å². The van der Waals surface area contributed by atoms with Crippen LogP contribution in [0.4, 0.5) is 5.69 Å². The first-order chi connectivity index (χ1) is 13.2. The number of nitrogens with zero attached hydrogens (tertiary/aromatic N) is 2. The molecule has 0 saturated heterocycles. The Kier molecular flexibility index (Phi) is 6.02. The normalized spacial score (nSPS) is 10.4. The number of benzene rings is 1. The predicted molar refractivity (Wildman–Crippen MR) is 105 cm³/mol. The quantitative estimate of drug-likeness (QED) is 0.632. The van der Waals surface area contributed by atoms with Crippen LogP contribution in [0, 0.1) is 0 Å². The number of carbonyl (C=O) groups is 2. The van der Waals surface area contributed by atoms with Gasteiger partial charge < -0.3 is 10.6 Å². The van der Waals surface area contributed by atoms with Crippen LogP contribution < -0.4 is 10.6 Å². The fraction of sp³-hybridized carbons (Fsp3) is 0.143. The Balaban J connectivity index is 1.89. The van der Waals surface area contributed by atoms with E-state index in [1.54, 1.807) is 68.0 Å². The SMILES string of the molecule is CNCCC(=O)c1ccccc1NC(=O)c1cccnc1-c1ccccn1. The second-order valence-electron chi connectivity index (χ2n) is 5.89. The monoisotopic (exact) mass is 360 g/mol. The van der Waals surface area contributed by atoms with Crippen LogP contribution in [0.2, 0.25) is 0 Å². The van der Waals surface area contributed by atoms with Gasteiger partial charge in [0.15, 0.2) is 5.78 Å². The van der Waals surface area contributed by atoms with Crippen LogP contribution in [-0.4, -0.2) is 35.3 Å². The number of amides is 1. The molecule has 2 N–H and O–H groups in total. The molecule has 2 aromatic heterocycles. The van der Waals surface area contributed by atoms with Crippen molar-refractivity contribution in [2.75, 3.05) is 18.9 Å². The lowest BCUT2D eigenvalue weighted by Crippen LogP contribution is -2.18. The van der Waals surface area contributed by atoms with Crippen LogP contribution in [0.5, 0.6) is 0 Å². The Hall–Kier alpha value is -3.38. The maximum atomic E-state index is 12.9. The Morgan fingerprint density at radius 2 is 1.63 bits per heavy atom. The maximum absolute atomic E-state index is 12.9. The van der Waals surface area contributed by atoms with Crippen LogP contribution in [0.15, 0.2) is 67.0 Å². The van der Waals surface area contributed by atoms with Gasteiger partial charge in [0.2, 0.25) is 0 Å². The number of ketones is 1. The Labute approximate surface area is 157 Å². The molecule has 1 aromatic carbocycles. The first-order valence-corrected chi connectivity index (χ1v) is 8.65. The van der Waals surface area contributed by atoms with Gasteiger partial charge in [-0.2, -0.15) is 0 Å². The lowest BCUT2D eigenvalue weighted by atomic mass is 10.0. The summed E-state index contributed by atoms with van der Waals surface area (Å²) in [7, 11) is 1.79. The van der Waals surface area contributed by atoms with Crippen LogP contribution in [-0.2, 0) is 0 Å². The summed E-state index contributed by atoms with van der Waals surface area (Å²) in [5.74, 6) is -0.367. The van der Waals surface area contributed by atoms with Gasteiger partial charge in [0.05, 0.1) is 16.9 Å². The van der Waals surface area contributed by atoms with Crippen molar-refractivity contribution in [2.45, 2.75) is 6.42 Å². The van der Waals surface area contributed by atoms with E-state index in [1.165, 1.54) is 0 Å². The van der Waals surface area contributed by atoms with E-state index in [2.05, 4.69) is 20.6 Å². The average Bonchev–Trinajstić information content (AvgIpc) is 2.73. The molecular formula is C21H20N4O2. The molecule has 0 unspecified atom stereocenters. The molecule has 0 atom stereocenters. The number of hydrogen-bond acceptors (Lipinski definition) is 5. The Morgan fingerprint density at radius 3 is 2.41 bits per heavy atom. The Morgan fingerprint density at radius 1 is 0.889 bits per heavy atom. The molecule has 0 spiro atoms. The highest BCUT2D eigenvalue weighted by molar-refractivity contribution is 6.11. The third kappa shape index (κ3) is 4.43. The average molecular weight is 360 g/mol. The largest absolute Gasteiger partial charge is 0.321 e. The summed E-state index contributed by atoms with van der Waals surface area (Å²) in [6.07, 6.45) is 3.63. The lowest BCUT2D eigenvalue weighted by molar-refractivity contribution is 0.0984. The first-order valence-electron chi connectivity index (χ1n) is 8.65. The molecule has 136 valence electrons. The number of hydrogen-bond donors (Lipinski definition) is 2. The molecule has 0 aliphatic heterocycles. The predicted octanol–water partition coefficient (Wildman–Crippen LogP) is 3.19. The van der Waals surface area contributed by atoms with E-state index >= 15 is 0 Å². The number of pyridine rings is 2. The molecule has 0 saturated carbocycles. The first kappa shape index (κ1) is 18.4. The summed E-state index contributed by atoms with van der Waals surface area (Å²) in [5.41, 5.74) is 2.48. The van der Waals surface area contributed by atoms with E-state index in [1.807, 2.05) is 6.07 Å². The zero-order valence-electron chi connectivity index (χ0n) is 15.0. The maximum Gasteiger partial charge on any atom is 0.257 e. The third-order valence-corrected chi connectivity index (χ3v) is 4.04. The van der Waals surface area contributed by atoms with Gasteiger partial charge in [-0.3, -0.25) is 19.6 Å². The fourth-order valence-electron chi connectivity index (χ4n) is 2.69. The summed E-state index contributed by atoms with van der Waals surface area (Å²) < 4.78 is 0. The van der Waals surface area contributed by atoms with Gasteiger partial charge in [0, 0.05) is 30.9 Å². The number of aromatic nitrogens is 2. The van der Waals surface area contributed by atoms with Crippen LogP contribution in [0.1, 0.15) is 27.1 Å². The second kappa shape index (κ2) is 8.82. The van der Waals surface area contributed by atoms with Crippen molar-refractivity contribution in [3.05, 3.63) is 78.1 Å². The minimum Gasteiger partial charge on any atom is -0.321 e. The fourth-order valence-corrected chi connectivity index (χ4v) is 2.69. The highest BCUT2D eigenvalue weighted by Crippen LogP contribution is 2.22. The molecule has 27 heavy (non-hydrogen) atoms. The van der Waals surface area contributed by atoms with Gasteiger partial charge >= 0.3 is 0 Å². The lowest BCUT2D eigenvalue weighted by Gasteiger charge is -2.12. The summed E-state index contributed by atoms with van der Waals surface area (Å²) in [6, 6.07) is 15.8. The molecule has 3 aromatic rings. The Bertz CT molecular complexity index is 942. The van der Waals surface area contributed by atoms with E-state index in [9.17, 15) is 9.59 Å². The van der Waals surface area contributed by atoms with E-state index < -0.39 is 0 Å². The van der Waals surface area contributed by atoms with Gasteiger partial charge in [0.25, 0.3) is 5.91 Å². The van der Waals surface area contributed by atoms with Crippen LogP contribution >= 0.6 is 0 Å². The molecule has 2 heterocycles. The highest BCUT2D eigenvalue weighted by Gasteiger charge is 2.17. The number of nitrogens with one attached hydrogen (secondary N) is 2. The molecule has 6 heteroatoms.